The summed E-state index contributed by atoms with van der Waals surface area (Å²) in [4.78, 5) is 9.30. The summed E-state index contributed by atoms with van der Waals surface area (Å²) in [5.74, 6) is 0. The van der Waals surface area contributed by atoms with Gasteiger partial charge in [-0.25, -0.2) is 0 Å². The van der Waals surface area contributed by atoms with Gasteiger partial charge in [-0.3, -0.25) is 0 Å². The molecule has 0 fully saturated rings. The zero-order valence-corrected chi connectivity index (χ0v) is 5.60. The fourth-order valence-corrected chi connectivity index (χ4v) is 0.565. The first-order valence-corrected chi connectivity index (χ1v) is 4.06. The number of isocyanates is 1. The molecule has 0 spiro atoms. The molecule has 0 aliphatic heterocycles. The first kappa shape index (κ1) is 6.11. The van der Waals surface area contributed by atoms with Crippen molar-refractivity contribution in [3.8, 4) is 0 Å². The molecule has 0 saturated heterocycles. The van der Waals surface area contributed by atoms with E-state index in [1.807, 2.05) is 6.92 Å². The van der Waals surface area contributed by atoms with Gasteiger partial charge in [0.15, 0.2) is 0 Å². The third-order valence-electron chi connectivity index (χ3n) is 0.214. The number of carbonyl (C=O) groups excluding carboxylic acids is 1. The van der Waals surface area contributed by atoms with Crippen molar-refractivity contribution in [2.24, 2.45) is 3.21 Å². The third-order valence-corrected chi connectivity index (χ3v) is 1.43. The molecule has 0 saturated carbocycles. The molecule has 0 radical (unpaired) electrons. The van der Waals surface area contributed by atoms with Crippen molar-refractivity contribution < 1.29 is 26.3 Å². The Morgan fingerprint density at radius 1 is 2.00 bits per heavy atom. The molecule has 0 bridgehead atoms. The normalized spacial score (nSPS) is 7.50. The minimum atomic E-state index is -0.171. The van der Waals surface area contributed by atoms with E-state index in [9.17, 15) is 4.79 Å². The number of halogens is 1. The van der Waals surface area contributed by atoms with Gasteiger partial charge in [0.2, 0.25) is 0 Å². The molecule has 2 nitrogen and oxygen atoms in total. The molecule has 0 aliphatic rings. The molecule has 0 aromatic carbocycles. The number of nitrogens with zero attached hydrogens (tertiary/aromatic N) is 1. The van der Waals surface area contributed by atoms with Gasteiger partial charge in [0, 0.05) is 0 Å². The van der Waals surface area contributed by atoms with Gasteiger partial charge in [-0.15, -0.1) is 0 Å². The Morgan fingerprint density at radius 2 is 2.67 bits per heavy atom. The summed E-state index contributed by atoms with van der Waals surface area (Å²) in [5.41, 5.74) is 0. The third kappa shape index (κ3) is 4.11. The summed E-state index contributed by atoms with van der Waals surface area (Å²) in [6.07, 6.45) is 1.49. The Morgan fingerprint density at radius 3 is 2.83 bits per heavy atom. The minimum absolute atomic E-state index is 0.171. The van der Waals surface area contributed by atoms with Crippen LogP contribution in [0.3, 0.4) is 0 Å². The molecule has 0 aliphatic carbocycles. The van der Waals surface area contributed by atoms with E-state index in [1.165, 1.54) is 6.08 Å². The van der Waals surface area contributed by atoms with Crippen molar-refractivity contribution in [2.75, 3.05) is 4.43 Å². The van der Waals surface area contributed by atoms with Crippen molar-refractivity contribution in [1.29, 1.82) is 0 Å². The molecule has 0 unspecified atom stereocenters. The molecule has 6 heavy (non-hydrogen) atoms. The van der Waals surface area contributed by atoms with Gasteiger partial charge in [-0.1, -0.05) is 0 Å². The second-order valence-corrected chi connectivity index (χ2v) is 3.25. The number of alkyl halides is 1. The average Bonchev–Trinajstić information content (AvgIpc) is 1.61. The molecule has 3 heteroatoms. The van der Waals surface area contributed by atoms with Crippen LogP contribution < -0.4 is 21.5 Å². The van der Waals surface area contributed by atoms with Crippen LogP contribution in [0.15, 0.2) is 3.21 Å². The van der Waals surface area contributed by atoms with Gasteiger partial charge in [0.25, 0.3) is 0 Å². The first-order valence-electron chi connectivity index (χ1n) is 1.57. The standard InChI is InChI=1S/C3H5INO/c1-2-4-5-3-6/h2H2,1H3/q-1. The summed E-state index contributed by atoms with van der Waals surface area (Å²) in [6.45, 7) is 2.01. The second-order valence-electron chi connectivity index (χ2n) is 0.563. The topological polar surface area (TPSA) is 29.4 Å². The number of rotatable bonds is 2. The van der Waals surface area contributed by atoms with Crippen LogP contribution in [0.4, 0.5) is 0 Å². The predicted molar refractivity (Wildman–Crippen MR) is 18.7 cm³/mol. The van der Waals surface area contributed by atoms with E-state index < -0.39 is 0 Å². The van der Waals surface area contributed by atoms with Gasteiger partial charge in [0.05, 0.1) is 0 Å². The fraction of sp³-hybridized carbons (Fsp3) is 0.667. The van der Waals surface area contributed by atoms with Crippen molar-refractivity contribution in [3.05, 3.63) is 0 Å². The molecule has 0 heterocycles. The molecule has 0 amide bonds. The zero-order chi connectivity index (χ0) is 4.83. The van der Waals surface area contributed by atoms with Crippen LogP contribution in [-0.2, 0) is 4.79 Å². The Bertz CT molecular complexity index is 67.2. The summed E-state index contributed by atoms with van der Waals surface area (Å²) < 4.78 is 4.43. The summed E-state index contributed by atoms with van der Waals surface area (Å²) in [7, 11) is 0. The van der Waals surface area contributed by atoms with Crippen LogP contribution in [0.2, 0.25) is 0 Å². The van der Waals surface area contributed by atoms with Crippen molar-refractivity contribution in [2.45, 2.75) is 6.92 Å². The van der Waals surface area contributed by atoms with E-state index in [0.717, 1.165) is 4.43 Å². The quantitative estimate of drug-likeness (QED) is 0.206. The van der Waals surface area contributed by atoms with Crippen molar-refractivity contribution >= 4 is 6.08 Å². The Kier molecular flexibility index (Phi) is 5.20. The first-order chi connectivity index (χ1) is 2.91. The summed E-state index contributed by atoms with van der Waals surface area (Å²) >= 11 is -0.171. The van der Waals surface area contributed by atoms with Gasteiger partial charge < -0.3 is 0 Å². The van der Waals surface area contributed by atoms with E-state index in [2.05, 4.69) is 3.21 Å². The van der Waals surface area contributed by atoms with Gasteiger partial charge in [-0.05, 0) is 0 Å². The van der Waals surface area contributed by atoms with Gasteiger partial charge in [-0.2, -0.15) is 0 Å². The van der Waals surface area contributed by atoms with Crippen LogP contribution in [0.25, 0.3) is 0 Å². The van der Waals surface area contributed by atoms with Gasteiger partial charge >= 0.3 is 46.9 Å². The number of hydrogen-bond acceptors (Lipinski definition) is 2. The van der Waals surface area contributed by atoms with E-state index in [4.69, 9.17) is 0 Å². The fourth-order valence-electron chi connectivity index (χ4n) is 0.0842. The Labute approximate surface area is 47.3 Å². The average molecular weight is 198 g/mol. The molecule has 0 N–H and O–H groups in total. The molecule has 0 atom stereocenters. The van der Waals surface area contributed by atoms with E-state index >= 15 is 0 Å². The molecule has 0 rings (SSSR count). The van der Waals surface area contributed by atoms with Crippen molar-refractivity contribution in [1.82, 2.24) is 0 Å². The Balaban J connectivity index is 2.86. The summed E-state index contributed by atoms with van der Waals surface area (Å²) in [6, 6.07) is 0. The van der Waals surface area contributed by atoms with Crippen LogP contribution >= 0.6 is 0 Å². The van der Waals surface area contributed by atoms with Crippen LogP contribution in [-0.4, -0.2) is 10.5 Å². The van der Waals surface area contributed by atoms with Crippen LogP contribution in [0.5, 0.6) is 0 Å². The monoisotopic (exact) mass is 198 g/mol. The molecular formula is C3H5INO-. The van der Waals surface area contributed by atoms with E-state index in [-0.39, 0.29) is 21.5 Å². The maximum atomic E-state index is 9.30. The van der Waals surface area contributed by atoms with Crippen LogP contribution in [0, 0.1) is 0 Å². The molecular weight excluding hydrogens is 193 g/mol. The predicted octanol–water partition coefficient (Wildman–Crippen LogP) is -2.65. The van der Waals surface area contributed by atoms with Gasteiger partial charge in [0.1, 0.15) is 0 Å². The van der Waals surface area contributed by atoms with E-state index in [1.54, 1.807) is 0 Å². The Hall–Kier alpha value is 0.110. The molecule has 0 aromatic rings. The number of hydrogen-bond donors (Lipinski definition) is 0. The molecule has 0 aromatic heterocycles. The van der Waals surface area contributed by atoms with Crippen molar-refractivity contribution in [3.63, 3.8) is 0 Å². The van der Waals surface area contributed by atoms with E-state index in [0.29, 0.717) is 0 Å². The summed E-state index contributed by atoms with van der Waals surface area (Å²) in [5, 5.41) is 0. The van der Waals surface area contributed by atoms with Crippen LogP contribution in [0.1, 0.15) is 6.92 Å². The molecule has 36 valence electrons. The maximum absolute atomic E-state index is 9.30. The second kappa shape index (κ2) is 5.11. The SMILES string of the molecule is CC[I-]N=C=O. The zero-order valence-electron chi connectivity index (χ0n) is 3.44.